The van der Waals surface area contributed by atoms with Crippen LogP contribution in [-0.2, 0) is 0 Å². The maximum atomic E-state index is 12.9. The zero-order valence-electron chi connectivity index (χ0n) is 14.6. The van der Waals surface area contributed by atoms with Gasteiger partial charge in [0.25, 0.3) is 5.91 Å². The molecule has 134 valence electrons. The molecule has 3 amide bonds. The molecule has 1 aromatic carbocycles. The van der Waals surface area contributed by atoms with Crippen LogP contribution in [0.25, 0.3) is 0 Å². The number of carbonyl (C=O) groups excluding carboxylic acids is 2. The molecule has 1 aromatic heterocycles. The smallest absolute Gasteiger partial charge is 0.321 e. The minimum Gasteiger partial charge on any atom is -0.338 e. The highest BCUT2D eigenvalue weighted by molar-refractivity contribution is 5.97. The van der Waals surface area contributed by atoms with E-state index in [0.717, 1.165) is 31.6 Å². The summed E-state index contributed by atoms with van der Waals surface area (Å²) in [6, 6.07) is 11.3. The largest absolute Gasteiger partial charge is 0.338 e. The Hall–Kier alpha value is -2.89. The van der Waals surface area contributed by atoms with E-state index in [2.05, 4.69) is 10.3 Å². The highest BCUT2D eigenvalue weighted by Gasteiger charge is 2.26. The number of benzene rings is 1. The molecule has 2 saturated heterocycles. The summed E-state index contributed by atoms with van der Waals surface area (Å²) in [7, 11) is 0. The van der Waals surface area contributed by atoms with Gasteiger partial charge in [-0.15, -0.1) is 0 Å². The Balaban J connectivity index is 1.46. The van der Waals surface area contributed by atoms with E-state index in [9.17, 15) is 9.59 Å². The highest BCUT2D eigenvalue weighted by Crippen LogP contribution is 2.27. The molecule has 2 aliphatic heterocycles. The number of likely N-dealkylation sites (tertiary alicyclic amines) is 1. The lowest BCUT2D eigenvalue weighted by Crippen LogP contribution is -2.39. The molecule has 0 spiro atoms. The van der Waals surface area contributed by atoms with Gasteiger partial charge < -0.3 is 10.2 Å². The van der Waals surface area contributed by atoms with Crippen molar-refractivity contribution in [1.29, 1.82) is 0 Å². The lowest BCUT2D eigenvalue weighted by Gasteiger charge is -2.33. The van der Waals surface area contributed by atoms with Crippen molar-refractivity contribution in [3.05, 3.63) is 59.9 Å². The maximum Gasteiger partial charge on any atom is 0.321 e. The summed E-state index contributed by atoms with van der Waals surface area (Å²) in [5.74, 6) is 0.421. The molecule has 4 rings (SSSR count). The van der Waals surface area contributed by atoms with Crippen LogP contribution in [0.2, 0.25) is 0 Å². The Morgan fingerprint density at radius 3 is 2.54 bits per heavy atom. The lowest BCUT2D eigenvalue weighted by atomic mass is 9.91. The van der Waals surface area contributed by atoms with Gasteiger partial charge in [0, 0.05) is 55.7 Å². The molecule has 0 radical (unpaired) electrons. The molecule has 2 aromatic rings. The second kappa shape index (κ2) is 7.15. The molecule has 1 unspecified atom stereocenters. The monoisotopic (exact) mass is 350 g/mol. The van der Waals surface area contributed by atoms with Crippen LogP contribution < -0.4 is 10.2 Å². The van der Waals surface area contributed by atoms with E-state index >= 15 is 0 Å². The van der Waals surface area contributed by atoms with Crippen LogP contribution in [0.15, 0.2) is 48.8 Å². The molecule has 1 N–H and O–H groups in total. The van der Waals surface area contributed by atoms with Gasteiger partial charge in [-0.25, -0.2) is 4.79 Å². The minimum atomic E-state index is -0.0831. The number of carbonyl (C=O) groups is 2. The van der Waals surface area contributed by atoms with Crippen molar-refractivity contribution in [3.8, 4) is 0 Å². The molecular weight excluding hydrogens is 328 g/mol. The van der Waals surface area contributed by atoms with Crippen LogP contribution in [-0.4, -0.2) is 48.0 Å². The number of piperidine rings is 1. The Bertz CT molecular complexity index is 791. The number of amides is 3. The summed E-state index contributed by atoms with van der Waals surface area (Å²) in [6.07, 6.45) is 5.72. The fourth-order valence-corrected chi connectivity index (χ4v) is 3.75. The molecule has 0 aliphatic carbocycles. The molecular formula is C20H22N4O2. The number of pyridine rings is 1. The molecule has 0 bridgehead atoms. The quantitative estimate of drug-likeness (QED) is 0.925. The van der Waals surface area contributed by atoms with Gasteiger partial charge >= 0.3 is 6.03 Å². The van der Waals surface area contributed by atoms with Crippen LogP contribution in [0.4, 0.5) is 10.5 Å². The number of anilines is 1. The van der Waals surface area contributed by atoms with Gasteiger partial charge in [-0.3, -0.25) is 14.7 Å². The Labute approximate surface area is 152 Å². The standard InChI is InChI=1S/C20H22N4O2/c25-19(16-3-5-18(6-4-16)24-13-11-22-20(24)26)23-12-1-2-17(14-23)15-7-9-21-10-8-15/h3-10,17H,1-2,11-14H2,(H,22,26). The first-order valence-electron chi connectivity index (χ1n) is 9.07. The molecule has 2 fully saturated rings. The average molecular weight is 350 g/mol. The molecule has 6 nitrogen and oxygen atoms in total. The number of nitrogens with zero attached hydrogens (tertiary/aromatic N) is 3. The number of rotatable bonds is 3. The first kappa shape index (κ1) is 16.6. The second-order valence-corrected chi connectivity index (χ2v) is 6.80. The predicted molar refractivity (Wildman–Crippen MR) is 99.3 cm³/mol. The van der Waals surface area contributed by atoms with E-state index in [1.807, 2.05) is 53.7 Å². The fraction of sp³-hybridized carbons (Fsp3) is 0.350. The lowest BCUT2D eigenvalue weighted by molar-refractivity contribution is 0.0707. The molecule has 3 heterocycles. The normalized spacial score (nSPS) is 20.2. The fourth-order valence-electron chi connectivity index (χ4n) is 3.75. The summed E-state index contributed by atoms with van der Waals surface area (Å²) in [6.45, 7) is 2.84. The van der Waals surface area contributed by atoms with E-state index in [1.54, 1.807) is 4.90 Å². The number of aromatic nitrogens is 1. The van der Waals surface area contributed by atoms with Crippen molar-refractivity contribution >= 4 is 17.6 Å². The molecule has 26 heavy (non-hydrogen) atoms. The molecule has 6 heteroatoms. The van der Waals surface area contributed by atoms with Gasteiger partial charge in [-0.1, -0.05) is 0 Å². The van der Waals surface area contributed by atoms with Crippen LogP contribution in [0.3, 0.4) is 0 Å². The predicted octanol–water partition coefficient (Wildman–Crippen LogP) is 2.63. The van der Waals surface area contributed by atoms with E-state index in [4.69, 9.17) is 0 Å². The van der Waals surface area contributed by atoms with Crippen LogP contribution in [0.1, 0.15) is 34.7 Å². The third-order valence-electron chi connectivity index (χ3n) is 5.17. The van der Waals surface area contributed by atoms with Crippen molar-refractivity contribution in [1.82, 2.24) is 15.2 Å². The van der Waals surface area contributed by atoms with Crippen molar-refractivity contribution in [2.75, 3.05) is 31.1 Å². The van der Waals surface area contributed by atoms with Crippen LogP contribution in [0, 0.1) is 0 Å². The van der Waals surface area contributed by atoms with Gasteiger partial charge in [0.2, 0.25) is 0 Å². The molecule has 1 atom stereocenters. The molecule has 0 saturated carbocycles. The van der Waals surface area contributed by atoms with Gasteiger partial charge in [0.05, 0.1) is 0 Å². The van der Waals surface area contributed by atoms with Gasteiger partial charge in [-0.05, 0) is 54.8 Å². The van der Waals surface area contributed by atoms with Gasteiger partial charge in [0.1, 0.15) is 0 Å². The van der Waals surface area contributed by atoms with Crippen molar-refractivity contribution in [2.24, 2.45) is 0 Å². The Kier molecular flexibility index (Phi) is 4.56. The van der Waals surface area contributed by atoms with E-state index in [0.29, 0.717) is 24.6 Å². The number of hydrogen-bond donors (Lipinski definition) is 1. The first-order chi connectivity index (χ1) is 12.7. The summed E-state index contributed by atoms with van der Waals surface area (Å²) in [5, 5.41) is 2.78. The Morgan fingerprint density at radius 2 is 1.85 bits per heavy atom. The van der Waals surface area contributed by atoms with Gasteiger partial charge in [0.15, 0.2) is 0 Å². The zero-order valence-corrected chi connectivity index (χ0v) is 14.6. The number of hydrogen-bond acceptors (Lipinski definition) is 3. The van der Waals surface area contributed by atoms with Gasteiger partial charge in [-0.2, -0.15) is 0 Å². The number of urea groups is 1. The van der Waals surface area contributed by atoms with Crippen LogP contribution in [0.5, 0.6) is 0 Å². The minimum absolute atomic E-state index is 0.0566. The first-order valence-corrected chi connectivity index (χ1v) is 9.07. The van der Waals surface area contributed by atoms with E-state index < -0.39 is 0 Å². The van der Waals surface area contributed by atoms with Crippen LogP contribution >= 0.6 is 0 Å². The third kappa shape index (κ3) is 3.27. The van der Waals surface area contributed by atoms with E-state index in [-0.39, 0.29) is 11.9 Å². The van der Waals surface area contributed by atoms with Crippen molar-refractivity contribution < 1.29 is 9.59 Å². The topological polar surface area (TPSA) is 65.5 Å². The van der Waals surface area contributed by atoms with Crippen molar-refractivity contribution in [3.63, 3.8) is 0 Å². The second-order valence-electron chi connectivity index (χ2n) is 6.80. The highest BCUT2D eigenvalue weighted by atomic mass is 16.2. The summed E-state index contributed by atoms with van der Waals surface area (Å²) >= 11 is 0. The maximum absolute atomic E-state index is 12.9. The Morgan fingerprint density at radius 1 is 1.08 bits per heavy atom. The third-order valence-corrected chi connectivity index (χ3v) is 5.17. The summed E-state index contributed by atoms with van der Waals surface area (Å²) in [5.41, 5.74) is 2.74. The van der Waals surface area contributed by atoms with Crippen molar-refractivity contribution in [2.45, 2.75) is 18.8 Å². The average Bonchev–Trinajstić information content (AvgIpc) is 3.14. The molecule has 2 aliphatic rings. The number of nitrogens with one attached hydrogen (secondary N) is 1. The van der Waals surface area contributed by atoms with E-state index in [1.165, 1.54) is 5.56 Å². The zero-order chi connectivity index (χ0) is 17.9. The summed E-state index contributed by atoms with van der Waals surface area (Å²) in [4.78, 5) is 32.3. The summed E-state index contributed by atoms with van der Waals surface area (Å²) < 4.78 is 0. The SMILES string of the molecule is O=C(c1ccc(N2CCNC2=O)cc1)N1CCCC(c2ccncc2)C1.